The number of rotatable bonds is 3. The van der Waals surface area contributed by atoms with Crippen LogP contribution in [0.1, 0.15) is 39.0 Å². The van der Waals surface area contributed by atoms with Gasteiger partial charge in [-0.15, -0.1) is 5.10 Å². The van der Waals surface area contributed by atoms with Crippen LogP contribution in [0.15, 0.2) is 3.92 Å². The van der Waals surface area contributed by atoms with Crippen molar-refractivity contribution in [1.82, 2.24) is 10.2 Å². The van der Waals surface area contributed by atoms with Crippen molar-refractivity contribution < 1.29 is 4.74 Å². The van der Waals surface area contributed by atoms with Crippen LogP contribution in [0.25, 0.3) is 0 Å². The molecule has 0 saturated heterocycles. The monoisotopic (exact) mass is 290 g/mol. The minimum absolute atomic E-state index is 0.351. The van der Waals surface area contributed by atoms with E-state index in [4.69, 9.17) is 4.74 Å². The van der Waals surface area contributed by atoms with E-state index in [0.717, 1.165) is 10.3 Å². The first-order valence-electron chi connectivity index (χ1n) is 5.45. The third-order valence-electron chi connectivity index (χ3n) is 3.00. The molecular weight excluding hydrogens is 276 g/mol. The Morgan fingerprint density at radius 1 is 1.40 bits per heavy atom. The highest BCUT2D eigenvalue weighted by molar-refractivity contribution is 9.11. The van der Waals surface area contributed by atoms with Crippen LogP contribution in [0.4, 0.5) is 0 Å². The number of hydrogen-bond donors (Lipinski definition) is 0. The van der Waals surface area contributed by atoms with Crippen molar-refractivity contribution in [3.63, 3.8) is 0 Å². The maximum absolute atomic E-state index is 5.89. The number of hydrogen-bond acceptors (Lipinski definition) is 4. The van der Waals surface area contributed by atoms with Gasteiger partial charge in [-0.3, -0.25) is 0 Å². The summed E-state index contributed by atoms with van der Waals surface area (Å²) in [6.07, 6.45) is 6.63. The topological polar surface area (TPSA) is 35.0 Å². The van der Waals surface area contributed by atoms with Gasteiger partial charge >= 0.3 is 0 Å². The second kappa shape index (κ2) is 5.25. The number of halogens is 1. The molecule has 0 radical (unpaired) electrons. The van der Waals surface area contributed by atoms with Gasteiger partial charge in [-0.25, -0.2) is 0 Å². The SMILES string of the molecule is CCC1CCCCC1Oc1nnc(Br)s1. The van der Waals surface area contributed by atoms with E-state index in [0.29, 0.717) is 17.2 Å². The molecule has 0 N–H and O–H groups in total. The van der Waals surface area contributed by atoms with Gasteiger partial charge in [-0.05, 0) is 58.9 Å². The van der Waals surface area contributed by atoms with Gasteiger partial charge in [0.25, 0.3) is 5.19 Å². The summed E-state index contributed by atoms with van der Waals surface area (Å²) in [5, 5.41) is 8.57. The molecule has 2 unspecified atom stereocenters. The molecule has 1 aliphatic rings. The first-order valence-corrected chi connectivity index (χ1v) is 7.06. The molecule has 1 aromatic heterocycles. The lowest BCUT2D eigenvalue weighted by Gasteiger charge is -2.29. The van der Waals surface area contributed by atoms with Crippen molar-refractivity contribution in [2.24, 2.45) is 5.92 Å². The lowest BCUT2D eigenvalue weighted by atomic mass is 9.85. The fourth-order valence-corrected chi connectivity index (χ4v) is 3.14. The van der Waals surface area contributed by atoms with Gasteiger partial charge in [0.15, 0.2) is 3.92 Å². The highest BCUT2D eigenvalue weighted by Gasteiger charge is 2.26. The van der Waals surface area contributed by atoms with Crippen molar-refractivity contribution in [2.45, 2.75) is 45.1 Å². The summed E-state index contributed by atoms with van der Waals surface area (Å²) in [6, 6.07) is 0. The van der Waals surface area contributed by atoms with E-state index in [1.807, 2.05) is 0 Å². The Morgan fingerprint density at radius 3 is 2.87 bits per heavy atom. The van der Waals surface area contributed by atoms with Crippen LogP contribution in [-0.2, 0) is 0 Å². The molecule has 84 valence electrons. The van der Waals surface area contributed by atoms with Crippen molar-refractivity contribution in [1.29, 1.82) is 0 Å². The molecule has 1 aromatic rings. The quantitative estimate of drug-likeness (QED) is 0.852. The van der Waals surface area contributed by atoms with Gasteiger partial charge in [0.05, 0.1) is 0 Å². The molecule has 0 aromatic carbocycles. The van der Waals surface area contributed by atoms with E-state index in [1.165, 1.54) is 37.0 Å². The smallest absolute Gasteiger partial charge is 0.295 e. The maximum atomic E-state index is 5.89. The van der Waals surface area contributed by atoms with Crippen LogP contribution in [0.2, 0.25) is 0 Å². The van der Waals surface area contributed by atoms with Crippen LogP contribution in [0.3, 0.4) is 0 Å². The van der Waals surface area contributed by atoms with Crippen LogP contribution in [0, 0.1) is 5.92 Å². The van der Waals surface area contributed by atoms with Crippen LogP contribution in [-0.4, -0.2) is 16.3 Å². The van der Waals surface area contributed by atoms with E-state index in [1.54, 1.807) is 0 Å². The van der Waals surface area contributed by atoms with E-state index in [-0.39, 0.29) is 0 Å². The summed E-state index contributed by atoms with van der Waals surface area (Å²) in [5.74, 6) is 0.696. The highest BCUT2D eigenvalue weighted by atomic mass is 79.9. The summed E-state index contributed by atoms with van der Waals surface area (Å²) < 4.78 is 6.69. The predicted molar refractivity (Wildman–Crippen MR) is 64.3 cm³/mol. The summed E-state index contributed by atoms with van der Waals surface area (Å²) in [5.41, 5.74) is 0. The average molecular weight is 291 g/mol. The number of nitrogens with zero attached hydrogens (tertiary/aromatic N) is 2. The molecule has 0 aliphatic heterocycles. The summed E-state index contributed by atoms with van der Waals surface area (Å²) >= 11 is 4.76. The van der Waals surface area contributed by atoms with Crippen molar-refractivity contribution >= 4 is 27.3 Å². The summed E-state index contributed by atoms with van der Waals surface area (Å²) in [4.78, 5) is 0. The van der Waals surface area contributed by atoms with Gasteiger partial charge < -0.3 is 4.74 Å². The lowest BCUT2D eigenvalue weighted by Crippen LogP contribution is -2.29. The van der Waals surface area contributed by atoms with Gasteiger partial charge in [-0.1, -0.05) is 18.4 Å². The van der Waals surface area contributed by atoms with Gasteiger partial charge in [0.1, 0.15) is 6.10 Å². The third-order valence-corrected chi connectivity index (χ3v) is 4.24. The standard InChI is InChI=1S/C10H15BrN2OS/c1-2-7-5-3-4-6-8(7)14-10-13-12-9(11)15-10/h7-8H,2-6H2,1H3. The largest absolute Gasteiger partial charge is 0.465 e. The van der Waals surface area contributed by atoms with Crippen molar-refractivity contribution in [2.75, 3.05) is 0 Å². The predicted octanol–water partition coefficient (Wildman–Crippen LogP) is 3.65. The Bertz CT molecular complexity index is 318. The first kappa shape index (κ1) is 11.3. The fraction of sp³-hybridized carbons (Fsp3) is 0.800. The second-order valence-electron chi connectivity index (χ2n) is 3.93. The number of ether oxygens (including phenoxy) is 1. The molecule has 5 heteroatoms. The number of aromatic nitrogens is 2. The molecule has 0 amide bonds. The zero-order chi connectivity index (χ0) is 10.7. The van der Waals surface area contributed by atoms with Gasteiger partial charge in [0, 0.05) is 0 Å². The Hall–Kier alpha value is -0.160. The molecular formula is C10H15BrN2OS. The van der Waals surface area contributed by atoms with E-state index in [2.05, 4.69) is 33.1 Å². The minimum Gasteiger partial charge on any atom is -0.465 e. The molecule has 3 nitrogen and oxygen atoms in total. The highest BCUT2D eigenvalue weighted by Crippen LogP contribution is 2.32. The third kappa shape index (κ3) is 2.91. The Kier molecular flexibility index (Phi) is 3.97. The Labute approximate surface area is 102 Å². The second-order valence-corrected chi connectivity index (χ2v) is 6.15. The first-order chi connectivity index (χ1) is 7.29. The van der Waals surface area contributed by atoms with Crippen molar-refractivity contribution in [3.8, 4) is 5.19 Å². The van der Waals surface area contributed by atoms with Gasteiger partial charge in [0.2, 0.25) is 0 Å². The van der Waals surface area contributed by atoms with Crippen molar-refractivity contribution in [3.05, 3.63) is 3.92 Å². The molecule has 2 rings (SSSR count). The van der Waals surface area contributed by atoms with Gasteiger partial charge in [-0.2, -0.15) is 0 Å². The molecule has 15 heavy (non-hydrogen) atoms. The molecule has 2 atom stereocenters. The molecule has 0 bridgehead atoms. The van der Waals surface area contributed by atoms with Crippen LogP contribution < -0.4 is 4.74 Å². The summed E-state index contributed by atoms with van der Waals surface area (Å²) in [7, 11) is 0. The fourth-order valence-electron chi connectivity index (χ4n) is 2.17. The normalized spacial score (nSPS) is 26.5. The molecule has 1 heterocycles. The molecule has 1 fully saturated rings. The van der Waals surface area contributed by atoms with Crippen LogP contribution in [0.5, 0.6) is 5.19 Å². The van der Waals surface area contributed by atoms with E-state index in [9.17, 15) is 0 Å². The Morgan fingerprint density at radius 2 is 2.20 bits per heavy atom. The lowest BCUT2D eigenvalue weighted by molar-refractivity contribution is 0.0893. The Balaban J connectivity index is 1.97. The van der Waals surface area contributed by atoms with E-state index >= 15 is 0 Å². The zero-order valence-electron chi connectivity index (χ0n) is 8.78. The molecule has 1 saturated carbocycles. The minimum atomic E-state index is 0.351. The van der Waals surface area contributed by atoms with E-state index < -0.39 is 0 Å². The summed E-state index contributed by atoms with van der Waals surface area (Å²) in [6.45, 7) is 2.24. The van der Waals surface area contributed by atoms with Crippen LogP contribution >= 0.6 is 27.3 Å². The maximum Gasteiger partial charge on any atom is 0.295 e. The molecule has 1 aliphatic carbocycles. The zero-order valence-corrected chi connectivity index (χ0v) is 11.2. The average Bonchev–Trinajstić information content (AvgIpc) is 2.65. The molecule has 0 spiro atoms.